The first-order valence-electron chi connectivity index (χ1n) is 10.4. The number of phenolic OH excluding ortho intramolecular Hbond substituents is 1. The first-order valence-corrected chi connectivity index (χ1v) is 10.4. The molecule has 1 aliphatic heterocycles. The normalized spacial score (nSPS) is 14.8. The van der Waals surface area contributed by atoms with E-state index in [-0.39, 0.29) is 0 Å². The zero-order valence-electron chi connectivity index (χ0n) is 17.3. The van der Waals surface area contributed by atoms with Crippen molar-refractivity contribution in [1.82, 2.24) is 15.4 Å². The molecule has 0 unspecified atom stereocenters. The van der Waals surface area contributed by atoms with Gasteiger partial charge in [0.25, 0.3) is 11.8 Å². The highest BCUT2D eigenvalue weighted by atomic mass is 16.5. The van der Waals surface area contributed by atoms with E-state index in [1.807, 2.05) is 55.5 Å². The van der Waals surface area contributed by atoms with Crippen LogP contribution in [0.15, 0.2) is 63.5 Å². The molecule has 1 aliphatic rings. The molecule has 31 heavy (non-hydrogen) atoms. The van der Waals surface area contributed by atoms with Gasteiger partial charge >= 0.3 is 0 Å². The second-order valence-electron chi connectivity index (χ2n) is 7.73. The number of benzene rings is 2. The Bertz CT molecular complexity index is 1160. The molecule has 2 aromatic heterocycles. The van der Waals surface area contributed by atoms with Gasteiger partial charge in [0.15, 0.2) is 6.54 Å². The predicted octanol–water partition coefficient (Wildman–Crippen LogP) is 2.31. The standard InChI is InChI=1S/C23H23N5O3/c1-16-21(22(26-31-16)17-7-3-2-4-8-17)23-25-24-20(30-23)15-27-11-13-28(14-12-27)18-9-5-6-10-19(18)29/h2-10,29H,11-15H2,1H3/p+1. The summed E-state index contributed by atoms with van der Waals surface area (Å²) < 4.78 is 11.4. The van der Waals surface area contributed by atoms with Crippen molar-refractivity contribution in [2.24, 2.45) is 0 Å². The molecule has 0 radical (unpaired) electrons. The fourth-order valence-corrected chi connectivity index (χ4v) is 4.03. The Labute approximate surface area is 179 Å². The Kier molecular flexibility index (Phi) is 5.13. The largest absolute Gasteiger partial charge is 0.506 e. The molecule has 0 atom stereocenters. The van der Waals surface area contributed by atoms with Gasteiger partial charge in [0.05, 0.1) is 31.9 Å². The first kappa shape index (κ1) is 19.3. The molecule has 0 spiro atoms. The number of hydrogen-bond acceptors (Lipinski definition) is 7. The Morgan fingerprint density at radius 3 is 2.52 bits per heavy atom. The fraction of sp³-hybridized carbons (Fsp3) is 0.261. The molecular weight excluding hydrogens is 394 g/mol. The van der Waals surface area contributed by atoms with E-state index in [0.717, 1.165) is 43.0 Å². The fourth-order valence-electron chi connectivity index (χ4n) is 4.03. The minimum atomic E-state index is 0.325. The van der Waals surface area contributed by atoms with E-state index in [1.165, 1.54) is 4.90 Å². The molecule has 0 bridgehead atoms. The van der Waals surface area contributed by atoms with Gasteiger partial charge < -0.3 is 23.8 Å². The zero-order valence-corrected chi connectivity index (χ0v) is 17.3. The van der Waals surface area contributed by atoms with Crippen LogP contribution in [-0.4, -0.2) is 46.6 Å². The van der Waals surface area contributed by atoms with Crippen LogP contribution in [-0.2, 0) is 6.54 Å². The minimum Gasteiger partial charge on any atom is -0.506 e. The van der Waals surface area contributed by atoms with Crippen molar-refractivity contribution in [3.8, 4) is 28.5 Å². The number of phenols is 1. The van der Waals surface area contributed by atoms with Crippen LogP contribution in [0.1, 0.15) is 11.7 Å². The van der Waals surface area contributed by atoms with Gasteiger partial charge in [-0.1, -0.05) is 47.6 Å². The summed E-state index contributed by atoms with van der Waals surface area (Å²) in [5.41, 5.74) is 3.28. The molecule has 1 fully saturated rings. The number of para-hydroxylation sites is 2. The van der Waals surface area contributed by atoms with E-state index < -0.39 is 0 Å². The summed E-state index contributed by atoms with van der Waals surface area (Å²) >= 11 is 0. The summed E-state index contributed by atoms with van der Waals surface area (Å²) in [6, 6.07) is 17.3. The lowest BCUT2D eigenvalue weighted by atomic mass is 10.1. The lowest BCUT2D eigenvalue weighted by molar-refractivity contribution is -0.915. The second kappa shape index (κ2) is 8.23. The molecule has 0 amide bonds. The number of aromatic nitrogens is 3. The number of piperazine rings is 1. The van der Waals surface area contributed by atoms with Crippen LogP contribution in [0.3, 0.4) is 0 Å². The van der Waals surface area contributed by atoms with Crippen molar-refractivity contribution < 1.29 is 18.9 Å². The van der Waals surface area contributed by atoms with Crippen molar-refractivity contribution in [3.05, 3.63) is 66.2 Å². The topological polar surface area (TPSA) is 92.9 Å². The Morgan fingerprint density at radius 1 is 1.00 bits per heavy atom. The highest BCUT2D eigenvalue weighted by Crippen LogP contribution is 2.33. The first-order chi connectivity index (χ1) is 15.2. The highest BCUT2D eigenvalue weighted by molar-refractivity contribution is 5.77. The van der Waals surface area contributed by atoms with Gasteiger partial charge in [0, 0.05) is 5.56 Å². The molecule has 3 heterocycles. The van der Waals surface area contributed by atoms with Crippen molar-refractivity contribution in [1.29, 1.82) is 0 Å². The predicted molar refractivity (Wildman–Crippen MR) is 115 cm³/mol. The lowest BCUT2D eigenvalue weighted by Crippen LogP contribution is -3.13. The number of aromatic hydroxyl groups is 1. The van der Waals surface area contributed by atoms with E-state index in [4.69, 9.17) is 8.94 Å². The number of aryl methyl sites for hydroxylation is 1. The minimum absolute atomic E-state index is 0.325. The third-order valence-electron chi connectivity index (χ3n) is 5.68. The van der Waals surface area contributed by atoms with Crippen LogP contribution < -0.4 is 9.80 Å². The van der Waals surface area contributed by atoms with Crippen LogP contribution in [0.25, 0.3) is 22.7 Å². The number of quaternary nitrogens is 1. The maximum atomic E-state index is 10.1. The molecule has 8 heteroatoms. The van der Waals surface area contributed by atoms with Gasteiger partial charge in [-0.3, -0.25) is 0 Å². The van der Waals surface area contributed by atoms with Crippen molar-refractivity contribution in [2.45, 2.75) is 13.5 Å². The summed E-state index contributed by atoms with van der Waals surface area (Å²) in [5, 5.41) is 22.8. The average Bonchev–Trinajstić information content (AvgIpc) is 3.41. The van der Waals surface area contributed by atoms with E-state index >= 15 is 0 Å². The van der Waals surface area contributed by atoms with Crippen LogP contribution in [0.4, 0.5) is 5.69 Å². The Hall–Kier alpha value is -3.65. The summed E-state index contributed by atoms with van der Waals surface area (Å²) in [6.07, 6.45) is 0. The third-order valence-corrected chi connectivity index (χ3v) is 5.68. The summed E-state index contributed by atoms with van der Waals surface area (Å²) in [6.45, 7) is 6.07. The quantitative estimate of drug-likeness (QED) is 0.514. The Morgan fingerprint density at radius 2 is 1.74 bits per heavy atom. The van der Waals surface area contributed by atoms with Crippen molar-refractivity contribution >= 4 is 5.69 Å². The summed E-state index contributed by atoms with van der Waals surface area (Å²) in [7, 11) is 0. The molecule has 2 N–H and O–H groups in total. The zero-order chi connectivity index (χ0) is 21.2. The van der Waals surface area contributed by atoms with Crippen LogP contribution in [0.5, 0.6) is 5.75 Å². The lowest BCUT2D eigenvalue weighted by Gasteiger charge is -2.33. The maximum Gasteiger partial charge on any atom is 0.271 e. The molecule has 8 nitrogen and oxygen atoms in total. The summed E-state index contributed by atoms with van der Waals surface area (Å²) in [4.78, 5) is 3.58. The van der Waals surface area contributed by atoms with Crippen LogP contribution in [0.2, 0.25) is 0 Å². The molecular formula is C23H24N5O3+. The summed E-state index contributed by atoms with van der Waals surface area (Å²) in [5.74, 6) is 2.00. The molecule has 0 saturated carbocycles. The van der Waals surface area contributed by atoms with Gasteiger partial charge in [-0.05, 0) is 19.1 Å². The maximum absolute atomic E-state index is 10.1. The smallest absolute Gasteiger partial charge is 0.271 e. The number of rotatable bonds is 5. The van der Waals surface area contributed by atoms with Gasteiger partial charge in [0.2, 0.25) is 0 Å². The monoisotopic (exact) mass is 418 g/mol. The number of nitrogens with zero attached hydrogens (tertiary/aromatic N) is 4. The third kappa shape index (κ3) is 3.89. The SMILES string of the molecule is Cc1onc(-c2ccccc2)c1-c1nnc(C[NH+]2CCN(c3ccccc3O)CC2)o1. The van der Waals surface area contributed by atoms with E-state index in [9.17, 15) is 5.11 Å². The number of nitrogens with one attached hydrogen (secondary N) is 1. The molecule has 158 valence electrons. The molecule has 2 aromatic carbocycles. The van der Waals surface area contributed by atoms with E-state index in [0.29, 0.717) is 35.5 Å². The molecule has 0 aliphatic carbocycles. The highest BCUT2D eigenvalue weighted by Gasteiger charge is 2.26. The van der Waals surface area contributed by atoms with Gasteiger partial charge in [-0.2, -0.15) is 0 Å². The average molecular weight is 418 g/mol. The van der Waals surface area contributed by atoms with Crippen LogP contribution >= 0.6 is 0 Å². The molecule has 1 saturated heterocycles. The van der Waals surface area contributed by atoms with Crippen LogP contribution in [0, 0.1) is 6.92 Å². The second-order valence-corrected chi connectivity index (χ2v) is 7.73. The van der Waals surface area contributed by atoms with E-state index in [2.05, 4.69) is 20.3 Å². The van der Waals surface area contributed by atoms with Crippen molar-refractivity contribution in [3.63, 3.8) is 0 Å². The Balaban J connectivity index is 1.28. The van der Waals surface area contributed by atoms with Gasteiger partial charge in [-0.25, -0.2) is 0 Å². The number of hydrogen-bond donors (Lipinski definition) is 2. The van der Waals surface area contributed by atoms with E-state index in [1.54, 1.807) is 6.07 Å². The van der Waals surface area contributed by atoms with Gasteiger partial charge in [-0.15, -0.1) is 10.2 Å². The molecule has 5 rings (SSSR count). The number of anilines is 1. The molecule has 4 aromatic rings. The van der Waals surface area contributed by atoms with Gasteiger partial charge in [0.1, 0.15) is 22.8 Å². The van der Waals surface area contributed by atoms with Crippen molar-refractivity contribution in [2.75, 3.05) is 31.1 Å².